The molecule has 1 saturated heterocycles. The van der Waals surface area contributed by atoms with Gasteiger partial charge in [0.1, 0.15) is 0 Å². The van der Waals surface area contributed by atoms with Gasteiger partial charge in [0.15, 0.2) is 0 Å². The van der Waals surface area contributed by atoms with Crippen LogP contribution >= 0.6 is 0 Å². The van der Waals surface area contributed by atoms with Crippen molar-refractivity contribution < 1.29 is 4.79 Å². The third kappa shape index (κ3) is 4.38. The molecule has 2 aromatic heterocycles. The van der Waals surface area contributed by atoms with Crippen molar-refractivity contribution >= 4 is 16.8 Å². The summed E-state index contributed by atoms with van der Waals surface area (Å²) in [6.07, 6.45) is 4.38. The van der Waals surface area contributed by atoms with Gasteiger partial charge in [-0.2, -0.15) is 0 Å². The molecule has 2 atom stereocenters. The van der Waals surface area contributed by atoms with Crippen LogP contribution in [0.15, 0.2) is 36.5 Å². The Hall–Kier alpha value is -2.66. The van der Waals surface area contributed by atoms with Crippen molar-refractivity contribution in [3.63, 3.8) is 0 Å². The normalized spacial score (nSPS) is 19.8. The predicted molar refractivity (Wildman–Crippen MR) is 127 cm³/mol. The highest BCUT2D eigenvalue weighted by atomic mass is 16.1. The first-order valence-electron chi connectivity index (χ1n) is 11.5. The number of nitrogens with one attached hydrogen (secondary N) is 2. The van der Waals surface area contributed by atoms with Crippen molar-refractivity contribution in [2.75, 3.05) is 13.6 Å². The summed E-state index contributed by atoms with van der Waals surface area (Å²) in [7, 11) is 2.19. The molecule has 0 spiro atoms. The van der Waals surface area contributed by atoms with Crippen LogP contribution in [-0.4, -0.2) is 40.4 Å². The van der Waals surface area contributed by atoms with Crippen molar-refractivity contribution in [2.45, 2.75) is 65.0 Å². The fraction of sp³-hybridized carbons (Fsp3) is 0.462. The van der Waals surface area contributed by atoms with Crippen molar-refractivity contribution in [3.8, 4) is 11.3 Å². The average Bonchev–Trinajstić information content (AvgIpc) is 3.14. The maximum Gasteiger partial charge on any atom is 0.219 e. The van der Waals surface area contributed by atoms with Gasteiger partial charge in [0.2, 0.25) is 5.91 Å². The lowest BCUT2D eigenvalue weighted by Crippen LogP contribution is -2.44. The summed E-state index contributed by atoms with van der Waals surface area (Å²) in [5.41, 5.74) is 7.26. The van der Waals surface area contributed by atoms with E-state index in [2.05, 4.69) is 71.4 Å². The van der Waals surface area contributed by atoms with Gasteiger partial charge in [-0.25, -0.2) is 0 Å². The number of pyridine rings is 1. The van der Waals surface area contributed by atoms with Crippen LogP contribution in [0.3, 0.4) is 0 Å². The van der Waals surface area contributed by atoms with Gasteiger partial charge >= 0.3 is 0 Å². The number of hydrogen-bond acceptors (Lipinski definition) is 3. The molecule has 3 heterocycles. The van der Waals surface area contributed by atoms with Crippen LogP contribution in [0.2, 0.25) is 0 Å². The smallest absolute Gasteiger partial charge is 0.219 e. The number of hydrogen-bond donors (Lipinski definition) is 2. The predicted octanol–water partition coefficient (Wildman–Crippen LogP) is 5.32. The van der Waals surface area contributed by atoms with E-state index in [1.165, 1.54) is 33.3 Å². The van der Waals surface area contributed by atoms with Crippen LogP contribution < -0.4 is 5.32 Å². The number of piperidine rings is 1. The Morgan fingerprint density at radius 3 is 2.81 bits per heavy atom. The van der Waals surface area contributed by atoms with E-state index in [0.29, 0.717) is 18.4 Å². The summed E-state index contributed by atoms with van der Waals surface area (Å²) in [5.74, 6) is 0.543. The fourth-order valence-electron chi connectivity index (χ4n) is 4.90. The van der Waals surface area contributed by atoms with E-state index in [0.717, 1.165) is 25.1 Å². The minimum Gasteiger partial charge on any atom is -0.354 e. The summed E-state index contributed by atoms with van der Waals surface area (Å²) in [6, 6.07) is 11.6. The highest BCUT2D eigenvalue weighted by Crippen LogP contribution is 2.38. The summed E-state index contributed by atoms with van der Waals surface area (Å²) < 4.78 is 0. The summed E-state index contributed by atoms with van der Waals surface area (Å²) >= 11 is 0. The van der Waals surface area contributed by atoms with Crippen LogP contribution in [0.5, 0.6) is 0 Å². The topological polar surface area (TPSA) is 61.0 Å². The van der Waals surface area contributed by atoms with E-state index in [1.54, 1.807) is 0 Å². The lowest BCUT2D eigenvalue weighted by Gasteiger charge is -2.37. The molecule has 31 heavy (non-hydrogen) atoms. The number of aryl methyl sites for hydroxylation is 1. The lowest BCUT2D eigenvalue weighted by molar-refractivity contribution is -0.121. The Bertz CT molecular complexity index is 1080. The number of amides is 1. The highest BCUT2D eigenvalue weighted by Gasteiger charge is 2.28. The summed E-state index contributed by atoms with van der Waals surface area (Å²) in [5, 5.41) is 4.51. The molecule has 5 heteroatoms. The molecule has 1 amide bonds. The van der Waals surface area contributed by atoms with E-state index in [1.807, 2.05) is 20.0 Å². The molecule has 0 radical (unpaired) electrons. The Morgan fingerprint density at radius 2 is 2.10 bits per heavy atom. The van der Waals surface area contributed by atoms with Gasteiger partial charge in [-0.05, 0) is 68.1 Å². The molecule has 1 fully saturated rings. The van der Waals surface area contributed by atoms with Gasteiger partial charge in [0.25, 0.3) is 0 Å². The van der Waals surface area contributed by atoms with E-state index >= 15 is 0 Å². The molecule has 1 aromatic carbocycles. The number of H-pyrrole nitrogens is 1. The van der Waals surface area contributed by atoms with Crippen LogP contribution in [0, 0.1) is 6.92 Å². The number of carbonyl (C=O) groups is 1. The van der Waals surface area contributed by atoms with Gasteiger partial charge in [-0.1, -0.05) is 26.8 Å². The minimum atomic E-state index is 0.147. The second-order valence-electron chi connectivity index (χ2n) is 9.20. The molecule has 164 valence electrons. The second-order valence-corrected chi connectivity index (χ2v) is 9.20. The molecule has 5 nitrogen and oxygen atoms in total. The number of fused-ring (bicyclic) bond motifs is 1. The van der Waals surface area contributed by atoms with Crippen molar-refractivity contribution in [1.29, 1.82) is 0 Å². The zero-order valence-electron chi connectivity index (χ0n) is 19.3. The molecule has 4 rings (SSSR count). The molecule has 3 aromatic rings. The first-order chi connectivity index (χ1) is 14.9. The van der Waals surface area contributed by atoms with E-state index < -0.39 is 0 Å². The minimum absolute atomic E-state index is 0.147. The number of aromatic amines is 1. The van der Waals surface area contributed by atoms with Gasteiger partial charge in [0.05, 0.1) is 5.69 Å². The van der Waals surface area contributed by atoms with Crippen molar-refractivity contribution in [2.24, 2.45) is 0 Å². The molecule has 1 aliphatic rings. The third-order valence-corrected chi connectivity index (χ3v) is 6.57. The van der Waals surface area contributed by atoms with E-state index in [9.17, 15) is 4.79 Å². The summed E-state index contributed by atoms with van der Waals surface area (Å²) in [6.45, 7) is 9.46. The Kier molecular flexibility index (Phi) is 6.15. The Balaban J connectivity index is 1.73. The largest absolute Gasteiger partial charge is 0.354 e. The average molecular weight is 419 g/mol. The number of benzene rings is 1. The fourth-order valence-corrected chi connectivity index (χ4v) is 4.90. The number of likely N-dealkylation sites (tertiary alicyclic amines) is 1. The third-order valence-electron chi connectivity index (χ3n) is 6.57. The molecule has 2 unspecified atom stereocenters. The standard InChI is InChI=1S/C26H34N4O/c1-6-24(31)28-20-10-12-30(5)23(15-20)18-7-8-22-21(14-18)25(16(2)3)26(29-22)19-9-11-27-17(4)13-19/h7-9,11,13-14,16,20,23,29H,6,10,12,15H2,1-5H3,(H,28,31). The first kappa shape index (κ1) is 21.6. The van der Waals surface area contributed by atoms with E-state index in [-0.39, 0.29) is 11.9 Å². The maximum atomic E-state index is 11.9. The molecule has 2 N–H and O–H groups in total. The summed E-state index contributed by atoms with van der Waals surface area (Å²) in [4.78, 5) is 22.4. The molecular weight excluding hydrogens is 384 g/mol. The quantitative estimate of drug-likeness (QED) is 0.589. The van der Waals surface area contributed by atoms with Gasteiger partial charge in [-0.3, -0.25) is 14.7 Å². The number of rotatable bonds is 5. The second kappa shape index (κ2) is 8.83. The number of nitrogens with zero attached hydrogens (tertiary/aromatic N) is 2. The first-order valence-corrected chi connectivity index (χ1v) is 11.5. The molecule has 0 saturated carbocycles. The Morgan fingerprint density at radius 1 is 1.29 bits per heavy atom. The highest BCUT2D eigenvalue weighted by molar-refractivity contribution is 5.92. The molecule has 0 aliphatic carbocycles. The van der Waals surface area contributed by atoms with Crippen molar-refractivity contribution in [3.05, 3.63) is 53.3 Å². The van der Waals surface area contributed by atoms with E-state index in [4.69, 9.17) is 0 Å². The maximum absolute atomic E-state index is 11.9. The van der Waals surface area contributed by atoms with Gasteiger partial charge in [-0.15, -0.1) is 0 Å². The Labute approximate surface area is 185 Å². The van der Waals surface area contributed by atoms with Crippen LogP contribution in [-0.2, 0) is 4.79 Å². The van der Waals surface area contributed by atoms with Gasteiger partial charge in [0, 0.05) is 53.4 Å². The zero-order valence-corrected chi connectivity index (χ0v) is 19.3. The zero-order chi connectivity index (χ0) is 22.1. The SMILES string of the molecule is CCC(=O)NC1CCN(C)C(c2ccc3[nH]c(-c4ccnc(C)c4)c(C(C)C)c3c2)C1. The number of aromatic nitrogens is 2. The van der Waals surface area contributed by atoms with Gasteiger partial charge < -0.3 is 10.3 Å². The van der Waals surface area contributed by atoms with Crippen molar-refractivity contribution in [1.82, 2.24) is 20.2 Å². The number of carbonyl (C=O) groups excluding carboxylic acids is 1. The monoisotopic (exact) mass is 418 g/mol. The van der Waals surface area contributed by atoms with Crippen LogP contribution in [0.1, 0.15) is 68.8 Å². The van der Waals surface area contributed by atoms with Crippen LogP contribution in [0.25, 0.3) is 22.2 Å². The van der Waals surface area contributed by atoms with Crippen LogP contribution in [0.4, 0.5) is 0 Å². The molecular formula is C26H34N4O. The molecule has 1 aliphatic heterocycles. The molecule has 0 bridgehead atoms. The lowest BCUT2D eigenvalue weighted by atomic mass is 9.90.